The van der Waals surface area contributed by atoms with Crippen molar-refractivity contribution in [2.45, 2.75) is 84.2 Å². The van der Waals surface area contributed by atoms with E-state index in [1.807, 2.05) is 66.7 Å². The highest BCUT2D eigenvalue weighted by Crippen LogP contribution is 2.36. The third-order valence-corrected chi connectivity index (χ3v) is 6.92. The summed E-state index contributed by atoms with van der Waals surface area (Å²) in [6, 6.07) is 5.62. The van der Waals surface area contributed by atoms with Gasteiger partial charge in [0.2, 0.25) is 5.91 Å². The largest absolute Gasteiger partial charge is 0.496 e. The van der Waals surface area contributed by atoms with Gasteiger partial charge in [0, 0.05) is 25.7 Å². The Morgan fingerprint density at radius 2 is 1.79 bits per heavy atom. The third kappa shape index (κ3) is 5.69. The van der Waals surface area contributed by atoms with Crippen LogP contribution >= 0.6 is 0 Å². The smallest absolute Gasteiger partial charge is 0.494 e. The molecule has 1 aromatic rings. The van der Waals surface area contributed by atoms with Crippen LogP contribution in [0.15, 0.2) is 18.2 Å². The van der Waals surface area contributed by atoms with Gasteiger partial charge in [0.15, 0.2) is 0 Å². The summed E-state index contributed by atoms with van der Waals surface area (Å²) in [6.45, 7) is 14.6. The number of carbonyl (C=O) groups is 2. The predicted molar refractivity (Wildman–Crippen MR) is 131 cm³/mol. The number of likely N-dealkylation sites (N-methyl/N-ethyl adjacent to an activating group) is 1. The van der Waals surface area contributed by atoms with Crippen molar-refractivity contribution >= 4 is 24.6 Å². The first kappa shape index (κ1) is 26.4. The summed E-state index contributed by atoms with van der Waals surface area (Å²) < 4.78 is 23.3. The molecule has 2 aliphatic rings. The normalized spacial score (nSPS) is 21.5. The number of carbonyl (C=O) groups excluding carboxylic acids is 2. The van der Waals surface area contributed by atoms with Crippen LogP contribution in [0.3, 0.4) is 0 Å². The first-order chi connectivity index (χ1) is 15.6. The van der Waals surface area contributed by atoms with Crippen molar-refractivity contribution in [2.75, 3.05) is 27.2 Å². The lowest BCUT2D eigenvalue weighted by molar-refractivity contribution is -0.129. The molecule has 8 nitrogen and oxygen atoms in total. The van der Waals surface area contributed by atoms with Gasteiger partial charge in [-0.2, -0.15) is 0 Å². The molecule has 2 saturated heterocycles. The van der Waals surface area contributed by atoms with Crippen molar-refractivity contribution in [1.29, 1.82) is 0 Å². The molecule has 188 valence electrons. The van der Waals surface area contributed by atoms with E-state index in [-0.39, 0.29) is 24.5 Å². The van der Waals surface area contributed by atoms with Gasteiger partial charge in [-0.15, -0.1) is 0 Å². The summed E-state index contributed by atoms with van der Waals surface area (Å²) in [4.78, 5) is 29.0. The van der Waals surface area contributed by atoms with Crippen LogP contribution in [0.25, 0.3) is 0 Å². The van der Waals surface area contributed by atoms with E-state index in [1.165, 1.54) is 0 Å². The molecule has 0 spiro atoms. The van der Waals surface area contributed by atoms with E-state index in [0.29, 0.717) is 25.3 Å². The Kier molecular flexibility index (Phi) is 7.30. The van der Waals surface area contributed by atoms with Gasteiger partial charge < -0.3 is 28.6 Å². The maximum absolute atomic E-state index is 13.2. The van der Waals surface area contributed by atoms with Gasteiger partial charge in [0.1, 0.15) is 11.4 Å². The summed E-state index contributed by atoms with van der Waals surface area (Å²) in [7, 11) is 2.81. The number of hydrogen-bond acceptors (Lipinski definition) is 6. The average molecular weight is 474 g/mol. The zero-order chi connectivity index (χ0) is 25.5. The minimum Gasteiger partial charge on any atom is -0.496 e. The fraction of sp³-hybridized carbons (Fsp3) is 0.680. The number of benzene rings is 1. The van der Waals surface area contributed by atoms with E-state index >= 15 is 0 Å². The number of methoxy groups -OCH3 is 1. The van der Waals surface area contributed by atoms with Crippen LogP contribution in [-0.4, -0.2) is 79.0 Å². The summed E-state index contributed by atoms with van der Waals surface area (Å²) in [5.41, 5.74) is 0.185. The molecule has 0 unspecified atom stereocenters. The molecule has 0 bridgehead atoms. The van der Waals surface area contributed by atoms with Crippen molar-refractivity contribution in [3.8, 4) is 5.75 Å². The van der Waals surface area contributed by atoms with E-state index in [4.69, 9.17) is 18.8 Å². The fourth-order valence-corrected chi connectivity index (χ4v) is 4.10. The maximum Gasteiger partial charge on any atom is 0.494 e. The van der Waals surface area contributed by atoms with Crippen LogP contribution in [0.4, 0.5) is 4.79 Å². The van der Waals surface area contributed by atoms with Gasteiger partial charge in [0.05, 0.1) is 30.8 Å². The minimum absolute atomic E-state index is 0.00976. The van der Waals surface area contributed by atoms with Gasteiger partial charge >= 0.3 is 13.2 Å². The number of amides is 2. The minimum atomic E-state index is -0.557. The Bertz CT molecular complexity index is 910. The van der Waals surface area contributed by atoms with Crippen molar-refractivity contribution < 1.29 is 28.4 Å². The molecule has 0 aromatic heterocycles. The van der Waals surface area contributed by atoms with Gasteiger partial charge in [-0.05, 0) is 66.4 Å². The Hall–Kier alpha value is -2.26. The zero-order valence-corrected chi connectivity index (χ0v) is 22.1. The van der Waals surface area contributed by atoms with E-state index in [9.17, 15) is 9.59 Å². The van der Waals surface area contributed by atoms with Crippen LogP contribution in [0, 0.1) is 0 Å². The Morgan fingerprint density at radius 3 is 2.35 bits per heavy atom. The predicted octanol–water partition coefficient (Wildman–Crippen LogP) is 3.00. The van der Waals surface area contributed by atoms with Gasteiger partial charge in [-0.3, -0.25) is 4.79 Å². The summed E-state index contributed by atoms with van der Waals surface area (Å²) in [5.74, 6) is 0.639. The molecule has 0 saturated carbocycles. The van der Waals surface area contributed by atoms with Crippen LogP contribution in [0.1, 0.15) is 60.5 Å². The van der Waals surface area contributed by atoms with Crippen LogP contribution in [0.2, 0.25) is 0 Å². The summed E-state index contributed by atoms with van der Waals surface area (Å²) >= 11 is 0. The Morgan fingerprint density at radius 1 is 1.18 bits per heavy atom. The average Bonchev–Trinajstić information content (AvgIpc) is 3.28. The molecule has 2 amide bonds. The second-order valence-electron chi connectivity index (χ2n) is 11.2. The van der Waals surface area contributed by atoms with E-state index in [2.05, 4.69) is 0 Å². The van der Waals surface area contributed by atoms with Gasteiger partial charge in [0.25, 0.3) is 0 Å². The lowest BCUT2D eigenvalue weighted by Gasteiger charge is -2.32. The topological polar surface area (TPSA) is 77.5 Å². The highest BCUT2D eigenvalue weighted by atomic mass is 16.7. The highest BCUT2D eigenvalue weighted by molar-refractivity contribution is 6.62. The van der Waals surface area contributed by atoms with Crippen LogP contribution < -0.4 is 10.2 Å². The van der Waals surface area contributed by atoms with Gasteiger partial charge in [-0.1, -0.05) is 12.1 Å². The second-order valence-corrected chi connectivity index (χ2v) is 11.2. The third-order valence-electron chi connectivity index (χ3n) is 6.92. The van der Waals surface area contributed by atoms with Crippen molar-refractivity contribution in [3.05, 3.63) is 23.8 Å². The Labute approximate surface area is 204 Å². The molecule has 34 heavy (non-hydrogen) atoms. The Balaban J connectivity index is 1.68. The van der Waals surface area contributed by atoms with Crippen molar-refractivity contribution in [1.82, 2.24) is 9.80 Å². The molecule has 0 N–H and O–H groups in total. The molecule has 0 aliphatic carbocycles. The number of nitrogens with zero attached hydrogens (tertiary/aromatic N) is 2. The molecule has 2 fully saturated rings. The molecule has 3 rings (SSSR count). The first-order valence-electron chi connectivity index (χ1n) is 11.9. The van der Waals surface area contributed by atoms with E-state index in [0.717, 1.165) is 11.0 Å². The molecule has 1 aromatic carbocycles. The molecular formula is C25H39BN2O6. The molecule has 2 heterocycles. The summed E-state index contributed by atoms with van der Waals surface area (Å²) in [5, 5.41) is 0. The summed E-state index contributed by atoms with van der Waals surface area (Å²) in [6.07, 6.45) is 0.537. The lowest BCUT2D eigenvalue weighted by Crippen LogP contribution is -2.42. The van der Waals surface area contributed by atoms with Crippen molar-refractivity contribution in [2.24, 2.45) is 0 Å². The van der Waals surface area contributed by atoms with E-state index < -0.39 is 23.9 Å². The molecule has 2 aliphatic heterocycles. The monoisotopic (exact) mass is 474 g/mol. The first-order valence-corrected chi connectivity index (χ1v) is 11.9. The quantitative estimate of drug-likeness (QED) is 0.611. The lowest BCUT2D eigenvalue weighted by atomic mass is 9.78. The highest BCUT2D eigenvalue weighted by Gasteiger charge is 2.51. The molecule has 9 heteroatoms. The SMILES string of the molecule is COc1ccc(B2OC(C)(C)C(C)(C)O2)cc1CC(=O)N1CC[C@@H](N(C)C(=O)OC(C)(C)C)C1. The maximum atomic E-state index is 13.2. The van der Waals surface area contributed by atoms with E-state index in [1.54, 1.807) is 24.0 Å². The number of likely N-dealkylation sites (tertiary alicyclic amines) is 1. The number of ether oxygens (including phenoxy) is 2. The second kappa shape index (κ2) is 9.42. The fourth-order valence-electron chi connectivity index (χ4n) is 4.10. The molecular weight excluding hydrogens is 435 g/mol. The van der Waals surface area contributed by atoms with Crippen molar-refractivity contribution in [3.63, 3.8) is 0 Å². The number of rotatable bonds is 5. The number of hydrogen-bond donors (Lipinski definition) is 0. The zero-order valence-electron chi connectivity index (χ0n) is 22.1. The van der Waals surface area contributed by atoms with Crippen LogP contribution in [-0.2, 0) is 25.3 Å². The molecule has 0 radical (unpaired) electrons. The molecule has 1 atom stereocenters. The van der Waals surface area contributed by atoms with Gasteiger partial charge in [-0.25, -0.2) is 4.79 Å². The van der Waals surface area contributed by atoms with Crippen LogP contribution in [0.5, 0.6) is 5.75 Å². The standard InChI is InChI=1S/C25H39BN2O6/c1-23(2,3)32-22(30)27(8)19-12-13-28(16-19)21(29)15-17-14-18(10-11-20(17)31-9)26-33-24(4,5)25(6,7)34-26/h10-11,14,19H,12-13,15-16H2,1-9H3/t19-/m1/s1.